The Labute approximate surface area is 62.5 Å². The monoisotopic (exact) mass is 144 g/mol. The van der Waals surface area contributed by atoms with E-state index in [4.69, 9.17) is 9.84 Å². The molecule has 0 radical (unpaired) electrons. The van der Waals surface area contributed by atoms with Crippen LogP contribution < -0.4 is 0 Å². The Bertz CT molecular complexity index is 71.7. The molecule has 0 spiro atoms. The molecule has 2 nitrogen and oxygen atoms in total. The molecule has 0 atom stereocenters. The molecule has 0 heterocycles. The van der Waals surface area contributed by atoms with Crippen LogP contribution in [0.2, 0.25) is 0 Å². The molecule has 10 heavy (non-hydrogen) atoms. The Morgan fingerprint density at radius 3 is 2.70 bits per heavy atom. The van der Waals surface area contributed by atoms with Gasteiger partial charge in [-0.3, -0.25) is 0 Å². The summed E-state index contributed by atoms with van der Waals surface area (Å²) in [6, 6.07) is 0. The van der Waals surface area contributed by atoms with E-state index in [-0.39, 0.29) is 6.61 Å². The van der Waals surface area contributed by atoms with Gasteiger partial charge in [-0.1, -0.05) is 6.08 Å². The normalized spacial score (nSPS) is 9.70. The summed E-state index contributed by atoms with van der Waals surface area (Å²) in [5.74, 6) is 0. The standard InChI is InChI=1S/C8H16O2/c1-2-3-4-5-7-10-8-6-9/h2,9H,1,3-8H2. The summed E-state index contributed by atoms with van der Waals surface area (Å²) in [5.41, 5.74) is 0. The molecule has 0 aliphatic carbocycles. The number of aliphatic hydroxyl groups is 1. The minimum absolute atomic E-state index is 0.126. The van der Waals surface area contributed by atoms with E-state index in [1.165, 1.54) is 0 Å². The van der Waals surface area contributed by atoms with Gasteiger partial charge in [0.15, 0.2) is 0 Å². The number of unbranched alkanes of at least 4 members (excludes halogenated alkanes) is 2. The molecule has 0 aromatic carbocycles. The maximum atomic E-state index is 8.33. The SMILES string of the molecule is C=CCCCCOCCO. The van der Waals surface area contributed by atoms with Gasteiger partial charge in [0.05, 0.1) is 13.2 Å². The van der Waals surface area contributed by atoms with Crippen LogP contribution in [0.5, 0.6) is 0 Å². The maximum absolute atomic E-state index is 8.33. The summed E-state index contributed by atoms with van der Waals surface area (Å²) < 4.78 is 5.05. The first kappa shape index (κ1) is 9.66. The van der Waals surface area contributed by atoms with Gasteiger partial charge in [-0.15, -0.1) is 6.58 Å². The molecule has 60 valence electrons. The third-order valence-electron chi connectivity index (χ3n) is 1.18. The molecule has 0 bridgehead atoms. The zero-order valence-electron chi connectivity index (χ0n) is 6.38. The van der Waals surface area contributed by atoms with Crippen molar-refractivity contribution in [1.29, 1.82) is 0 Å². The van der Waals surface area contributed by atoms with Crippen LogP contribution in [-0.4, -0.2) is 24.9 Å². The number of rotatable bonds is 7. The summed E-state index contributed by atoms with van der Waals surface area (Å²) in [6.45, 7) is 4.96. The van der Waals surface area contributed by atoms with Gasteiger partial charge < -0.3 is 9.84 Å². The smallest absolute Gasteiger partial charge is 0.0697 e. The number of ether oxygens (including phenoxy) is 1. The molecule has 0 rings (SSSR count). The molecular weight excluding hydrogens is 128 g/mol. The third-order valence-corrected chi connectivity index (χ3v) is 1.18. The molecule has 0 aromatic heterocycles. The van der Waals surface area contributed by atoms with Crippen molar-refractivity contribution in [2.75, 3.05) is 19.8 Å². The Morgan fingerprint density at radius 1 is 1.30 bits per heavy atom. The topological polar surface area (TPSA) is 29.5 Å². The summed E-state index contributed by atoms with van der Waals surface area (Å²) in [7, 11) is 0. The van der Waals surface area contributed by atoms with Gasteiger partial charge in [-0.2, -0.15) is 0 Å². The molecule has 0 aromatic rings. The van der Waals surface area contributed by atoms with Crippen LogP contribution in [0.1, 0.15) is 19.3 Å². The molecule has 0 saturated carbocycles. The molecule has 0 unspecified atom stereocenters. The summed E-state index contributed by atoms with van der Waals surface area (Å²) in [4.78, 5) is 0. The Hall–Kier alpha value is -0.340. The Balaban J connectivity index is 2.70. The van der Waals surface area contributed by atoms with Gasteiger partial charge in [-0.05, 0) is 19.3 Å². The summed E-state index contributed by atoms with van der Waals surface area (Å²) >= 11 is 0. The lowest BCUT2D eigenvalue weighted by Crippen LogP contribution is -2.00. The van der Waals surface area contributed by atoms with E-state index in [9.17, 15) is 0 Å². The first-order valence-corrected chi connectivity index (χ1v) is 3.71. The number of hydrogen-bond acceptors (Lipinski definition) is 2. The molecule has 2 heteroatoms. The van der Waals surface area contributed by atoms with E-state index in [2.05, 4.69) is 6.58 Å². The van der Waals surface area contributed by atoms with Crippen LogP contribution >= 0.6 is 0 Å². The second-order valence-electron chi connectivity index (χ2n) is 2.12. The van der Waals surface area contributed by atoms with E-state index in [0.717, 1.165) is 25.9 Å². The average molecular weight is 144 g/mol. The van der Waals surface area contributed by atoms with Gasteiger partial charge in [0.2, 0.25) is 0 Å². The molecule has 0 aliphatic heterocycles. The fourth-order valence-corrected chi connectivity index (χ4v) is 0.659. The molecule has 0 fully saturated rings. The zero-order valence-corrected chi connectivity index (χ0v) is 6.38. The predicted molar refractivity (Wildman–Crippen MR) is 42.0 cm³/mol. The lowest BCUT2D eigenvalue weighted by atomic mass is 10.2. The minimum Gasteiger partial charge on any atom is -0.394 e. The van der Waals surface area contributed by atoms with Crippen molar-refractivity contribution < 1.29 is 9.84 Å². The van der Waals surface area contributed by atoms with Gasteiger partial charge >= 0.3 is 0 Å². The van der Waals surface area contributed by atoms with Gasteiger partial charge in [0.25, 0.3) is 0 Å². The zero-order chi connectivity index (χ0) is 7.66. The van der Waals surface area contributed by atoms with Crippen molar-refractivity contribution in [3.05, 3.63) is 12.7 Å². The molecule has 0 saturated heterocycles. The third kappa shape index (κ3) is 7.66. The summed E-state index contributed by atoms with van der Waals surface area (Å²) in [6.07, 6.45) is 5.16. The Kier molecular flexibility index (Phi) is 8.37. The molecule has 1 N–H and O–H groups in total. The fraction of sp³-hybridized carbons (Fsp3) is 0.750. The molecular formula is C8H16O2. The van der Waals surface area contributed by atoms with Crippen molar-refractivity contribution in [2.24, 2.45) is 0 Å². The number of hydrogen-bond donors (Lipinski definition) is 1. The van der Waals surface area contributed by atoms with Gasteiger partial charge in [0, 0.05) is 6.61 Å². The maximum Gasteiger partial charge on any atom is 0.0697 e. The number of aliphatic hydroxyl groups excluding tert-OH is 1. The second kappa shape index (κ2) is 8.66. The van der Waals surface area contributed by atoms with Crippen molar-refractivity contribution in [3.8, 4) is 0 Å². The molecule has 0 amide bonds. The highest BCUT2D eigenvalue weighted by atomic mass is 16.5. The fourth-order valence-electron chi connectivity index (χ4n) is 0.659. The van der Waals surface area contributed by atoms with E-state index in [1.54, 1.807) is 0 Å². The predicted octanol–water partition coefficient (Wildman–Crippen LogP) is 1.35. The highest BCUT2D eigenvalue weighted by molar-refractivity contribution is 4.64. The van der Waals surface area contributed by atoms with E-state index >= 15 is 0 Å². The average Bonchev–Trinajstić information content (AvgIpc) is 1.97. The van der Waals surface area contributed by atoms with Crippen molar-refractivity contribution in [2.45, 2.75) is 19.3 Å². The Morgan fingerprint density at radius 2 is 2.10 bits per heavy atom. The van der Waals surface area contributed by atoms with Gasteiger partial charge in [-0.25, -0.2) is 0 Å². The van der Waals surface area contributed by atoms with Crippen LogP contribution in [0.4, 0.5) is 0 Å². The molecule has 0 aliphatic rings. The first-order chi connectivity index (χ1) is 4.91. The minimum atomic E-state index is 0.126. The quantitative estimate of drug-likeness (QED) is 0.431. The van der Waals surface area contributed by atoms with Crippen molar-refractivity contribution in [3.63, 3.8) is 0 Å². The summed E-state index contributed by atoms with van der Waals surface area (Å²) in [5, 5.41) is 8.33. The highest BCUT2D eigenvalue weighted by Crippen LogP contribution is 1.95. The largest absolute Gasteiger partial charge is 0.394 e. The van der Waals surface area contributed by atoms with Crippen LogP contribution in [0.3, 0.4) is 0 Å². The van der Waals surface area contributed by atoms with Crippen LogP contribution in [0.15, 0.2) is 12.7 Å². The number of allylic oxidation sites excluding steroid dienone is 1. The van der Waals surface area contributed by atoms with Crippen molar-refractivity contribution in [1.82, 2.24) is 0 Å². The van der Waals surface area contributed by atoms with Crippen molar-refractivity contribution >= 4 is 0 Å². The van der Waals surface area contributed by atoms with E-state index in [1.807, 2.05) is 6.08 Å². The van der Waals surface area contributed by atoms with Crippen LogP contribution in [0, 0.1) is 0 Å². The first-order valence-electron chi connectivity index (χ1n) is 3.71. The van der Waals surface area contributed by atoms with Crippen LogP contribution in [-0.2, 0) is 4.74 Å². The second-order valence-corrected chi connectivity index (χ2v) is 2.12. The van der Waals surface area contributed by atoms with Gasteiger partial charge in [0.1, 0.15) is 0 Å². The van der Waals surface area contributed by atoms with E-state index in [0.29, 0.717) is 6.61 Å². The lowest BCUT2D eigenvalue weighted by Gasteiger charge is -1.99. The highest BCUT2D eigenvalue weighted by Gasteiger charge is 1.86. The lowest BCUT2D eigenvalue weighted by molar-refractivity contribution is 0.0900. The van der Waals surface area contributed by atoms with E-state index < -0.39 is 0 Å². The van der Waals surface area contributed by atoms with Crippen LogP contribution in [0.25, 0.3) is 0 Å².